The zero-order valence-electron chi connectivity index (χ0n) is 12.7. The second-order valence-corrected chi connectivity index (χ2v) is 6.93. The van der Waals surface area contributed by atoms with Gasteiger partial charge in [-0.2, -0.15) is 22.3 Å². The monoisotopic (exact) mass is 398 g/mol. The number of hydrogen-bond donors (Lipinski definition) is 1. The van der Waals surface area contributed by atoms with Gasteiger partial charge in [-0.1, -0.05) is 30.3 Å². The predicted molar refractivity (Wildman–Crippen MR) is 81.2 cm³/mol. The maximum absolute atomic E-state index is 14.4. The first-order chi connectivity index (χ1) is 11.8. The van der Waals surface area contributed by atoms with Gasteiger partial charge in [0.1, 0.15) is 0 Å². The minimum atomic E-state index is -5.71. The number of nitro groups is 1. The fraction of sp³-hybridized carbons (Fsp3) is 0.286. The van der Waals surface area contributed by atoms with Gasteiger partial charge in [-0.15, -0.1) is 0 Å². The van der Waals surface area contributed by atoms with Crippen molar-refractivity contribution in [1.29, 1.82) is 0 Å². The quantitative estimate of drug-likeness (QED) is 0.272. The summed E-state index contributed by atoms with van der Waals surface area (Å²) in [5.74, 6) is -15.7. The highest BCUT2D eigenvalue weighted by molar-refractivity contribution is 7.92. The highest BCUT2D eigenvalue weighted by Gasteiger charge is 2.78. The van der Waals surface area contributed by atoms with Crippen molar-refractivity contribution in [3.8, 4) is 0 Å². The number of benzene rings is 1. The maximum atomic E-state index is 14.4. The average molecular weight is 398 g/mol. The van der Waals surface area contributed by atoms with Crippen LogP contribution in [0.2, 0.25) is 0 Å². The van der Waals surface area contributed by atoms with Crippen molar-refractivity contribution < 1.29 is 35.3 Å². The molecule has 0 aliphatic heterocycles. The average Bonchev–Trinajstić information content (AvgIpc) is 2.52. The molecule has 0 fully saturated rings. The summed E-state index contributed by atoms with van der Waals surface area (Å²) in [4.78, 5) is 8.77. The molecule has 0 heterocycles. The highest BCUT2D eigenvalue weighted by atomic mass is 32.2. The lowest BCUT2D eigenvalue weighted by Crippen LogP contribution is -2.69. The van der Waals surface area contributed by atoms with Gasteiger partial charge in [0, 0.05) is 10.3 Å². The van der Waals surface area contributed by atoms with E-state index in [9.17, 15) is 40.5 Å². The minimum absolute atomic E-state index is 0.110. The van der Waals surface area contributed by atoms with Crippen LogP contribution in [0.25, 0.3) is 6.08 Å². The second-order valence-electron chi connectivity index (χ2n) is 5.36. The molecule has 12 heteroatoms. The standard InChI is InChI=1S/C14H11F5N2O4S/c15-12(8-6-11(21(22)23)13(16,17)14(12,18)19)20-26(24,25)9-7-10-4-2-1-3-5-10/h1-9,11,20H/b9-7+. The Morgan fingerprint density at radius 2 is 1.69 bits per heavy atom. The first-order valence-corrected chi connectivity index (χ1v) is 8.41. The zero-order chi connectivity index (χ0) is 19.8. The van der Waals surface area contributed by atoms with Crippen molar-refractivity contribution in [2.75, 3.05) is 0 Å². The molecule has 1 aliphatic carbocycles. The van der Waals surface area contributed by atoms with E-state index < -0.39 is 38.6 Å². The van der Waals surface area contributed by atoms with E-state index in [1.165, 1.54) is 24.3 Å². The molecule has 0 saturated carbocycles. The van der Waals surface area contributed by atoms with Crippen LogP contribution in [0.3, 0.4) is 0 Å². The predicted octanol–water partition coefficient (Wildman–Crippen LogP) is 2.73. The van der Waals surface area contributed by atoms with Crippen LogP contribution in [0.15, 0.2) is 47.9 Å². The van der Waals surface area contributed by atoms with Gasteiger partial charge >= 0.3 is 11.8 Å². The summed E-state index contributed by atoms with van der Waals surface area (Å²) in [6.45, 7) is 0. The summed E-state index contributed by atoms with van der Waals surface area (Å²) in [5, 5.41) is 10.8. The van der Waals surface area contributed by atoms with Gasteiger partial charge in [-0.05, 0) is 23.8 Å². The Balaban J connectivity index is 2.36. The number of hydrogen-bond acceptors (Lipinski definition) is 4. The van der Waals surface area contributed by atoms with Crippen LogP contribution >= 0.6 is 0 Å². The Kier molecular flexibility index (Phi) is 4.94. The van der Waals surface area contributed by atoms with Gasteiger partial charge in [0.2, 0.25) is 10.0 Å². The van der Waals surface area contributed by atoms with E-state index in [0.29, 0.717) is 11.0 Å². The maximum Gasteiger partial charge on any atom is 0.384 e. The van der Waals surface area contributed by atoms with Crippen LogP contribution in [0.5, 0.6) is 0 Å². The molecule has 0 saturated heterocycles. The van der Waals surface area contributed by atoms with E-state index in [2.05, 4.69) is 0 Å². The molecule has 2 unspecified atom stereocenters. The number of nitrogens with one attached hydrogen (secondary N) is 1. The third-order valence-electron chi connectivity index (χ3n) is 3.51. The SMILES string of the molecule is O=[N+]([O-])C1C=CC(F)(NS(=O)(=O)/C=C/c2ccccc2)C(F)(F)C1(F)F. The molecule has 2 rings (SSSR count). The first-order valence-electron chi connectivity index (χ1n) is 6.87. The van der Waals surface area contributed by atoms with Crippen LogP contribution in [-0.4, -0.2) is 37.0 Å². The summed E-state index contributed by atoms with van der Waals surface area (Å²) < 4.78 is 94.1. The van der Waals surface area contributed by atoms with Crippen molar-refractivity contribution in [3.63, 3.8) is 0 Å². The number of rotatable bonds is 5. The Hall–Kier alpha value is -2.34. The van der Waals surface area contributed by atoms with Crippen molar-refractivity contribution in [2.24, 2.45) is 0 Å². The molecule has 142 valence electrons. The van der Waals surface area contributed by atoms with Gasteiger partial charge in [0.15, 0.2) is 0 Å². The molecule has 0 amide bonds. The van der Waals surface area contributed by atoms with Gasteiger partial charge in [0.25, 0.3) is 11.8 Å². The molecule has 26 heavy (non-hydrogen) atoms. The third-order valence-corrected chi connectivity index (χ3v) is 4.59. The molecule has 2 atom stereocenters. The number of nitrogens with zero attached hydrogens (tertiary/aromatic N) is 1. The fourth-order valence-corrected chi connectivity index (χ4v) is 3.17. The first kappa shape index (κ1) is 20.0. The van der Waals surface area contributed by atoms with Crippen molar-refractivity contribution >= 4 is 16.1 Å². The molecule has 0 radical (unpaired) electrons. The van der Waals surface area contributed by atoms with E-state index >= 15 is 0 Å². The van der Waals surface area contributed by atoms with E-state index in [-0.39, 0.29) is 12.2 Å². The number of alkyl halides is 5. The van der Waals surface area contributed by atoms with Crippen LogP contribution in [-0.2, 0) is 10.0 Å². The van der Waals surface area contributed by atoms with Crippen molar-refractivity contribution in [1.82, 2.24) is 4.72 Å². The Morgan fingerprint density at radius 3 is 2.23 bits per heavy atom. The van der Waals surface area contributed by atoms with Crippen molar-refractivity contribution in [2.45, 2.75) is 23.7 Å². The van der Waals surface area contributed by atoms with Crippen LogP contribution in [0.4, 0.5) is 22.0 Å². The molecule has 6 nitrogen and oxygen atoms in total. The molecule has 0 bridgehead atoms. The van der Waals surface area contributed by atoms with Crippen LogP contribution < -0.4 is 4.72 Å². The Bertz CT molecular complexity index is 857. The molecule has 1 N–H and O–H groups in total. The lowest BCUT2D eigenvalue weighted by Gasteiger charge is -2.38. The molecule has 1 aromatic carbocycles. The van der Waals surface area contributed by atoms with Crippen LogP contribution in [0, 0.1) is 10.1 Å². The molecule has 1 aliphatic rings. The summed E-state index contributed by atoms with van der Waals surface area (Å²) in [6.07, 6.45) is 0.529. The van der Waals surface area contributed by atoms with E-state index in [0.717, 1.165) is 10.8 Å². The highest BCUT2D eigenvalue weighted by Crippen LogP contribution is 2.50. The van der Waals surface area contributed by atoms with Crippen molar-refractivity contribution in [3.05, 3.63) is 63.6 Å². The number of halogens is 5. The molecule has 1 aromatic rings. The lowest BCUT2D eigenvalue weighted by atomic mass is 9.89. The van der Waals surface area contributed by atoms with E-state index in [1.807, 2.05) is 0 Å². The number of sulfonamides is 1. The topological polar surface area (TPSA) is 89.3 Å². The van der Waals surface area contributed by atoms with E-state index in [4.69, 9.17) is 0 Å². The summed E-state index contributed by atoms with van der Waals surface area (Å²) in [7, 11) is -4.94. The summed E-state index contributed by atoms with van der Waals surface area (Å²) in [5.41, 5.74) is 0.315. The van der Waals surface area contributed by atoms with Gasteiger partial charge in [0.05, 0.1) is 0 Å². The normalized spacial score (nSPS) is 27.5. The second kappa shape index (κ2) is 6.43. The van der Waals surface area contributed by atoms with E-state index in [1.54, 1.807) is 6.07 Å². The van der Waals surface area contributed by atoms with Crippen LogP contribution in [0.1, 0.15) is 5.56 Å². The Labute approximate surface area is 144 Å². The smallest absolute Gasteiger partial charge is 0.264 e. The lowest BCUT2D eigenvalue weighted by molar-refractivity contribution is -0.552. The third kappa shape index (κ3) is 3.46. The largest absolute Gasteiger partial charge is 0.384 e. The fourth-order valence-electron chi connectivity index (χ4n) is 2.15. The molecule has 0 spiro atoms. The van der Waals surface area contributed by atoms with Gasteiger partial charge in [-0.3, -0.25) is 10.1 Å². The molecular weight excluding hydrogens is 387 g/mol. The minimum Gasteiger partial charge on any atom is -0.264 e. The summed E-state index contributed by atoms with van der Waals surface area (Å²) >= 11 is 0. The molecular formula is C14H11F5N2O4S. The summed E-state index contributed by atoms with van der Waals surface area (Å²) in [6, 6.07) is 4.37. The van der Waals surface area contributed by atoms with Gasteiger partial charge < -0.3 is 0 Å². The zero-order valence-corrected chi connectivity index (χ0v) is 13.5. The Morgan fingerprint density at radius 1 is 1.12 bits per heavy atom. The molecule has 0 aromatic heterocycles. The van der Waals surface area contributed by atoms with Gasteiger partial charge in [-0.25, -0.2) is 12.8 Å².